The highest BCUT2D eigenvalue weighted by atomic mass is 35.5. The third-order valence-corrected chi connectivity index (χ3v) is 7.61. The molecule has 31 heavy (non-hydrogen) atoms. The average molecular weight is 476 g/mol. The fraction of sp³-hybridized carbons (Fsp3) is 0.174. The molecular weight excluding hydrogens is 457 g/mol. The summed E-state index contributed by atoms with van der Waals surface area (Å²) in [6, 6.07) is 18.6. The third-order valence-electron chi connectivity index (χ3n) is 5.18. The van der Waals surface area contributed by atoms with Crippen LogP contribution in [-0.2, 0) is 34.3 Å². The van der Waals surface area contributed by atoms with E-state index in [2.05, 4.69) is 0 Å². The fourth-order valence-corrected chi connectivity index (χ4v) is 5.40. The second-order valence-electron chi connectivity index (χ2n) is 7.20. The highest BCUT2D eigenvalue weighted by Gasteiger charge is 2.28. The van der Waals surface area contributed by atoms with Gasteiger partial charge in [-0.15, -0.1) is 0 Å². The Morgan fingerprint density at radius 2 is 1.74 bits per heavy atom. The molecule has 0 N–H and O–H groups in total. The Labute approximate surface area is 191 Å². The number of sulfonamides is 1. The summed E-state index contributed by atoms with van der Waals surface area (Å²) < 4.78 is 33.1. The van der Waals surface area contributed by atoms with Crippen LogP contribution in [0.3, 0.4) is 0 Å². The molecule has 160 valence electrons. The molecule has 1 aliphatic rings. The molecule has 0 fully saturated rings. The molecule has 0 bridgehead atoms. The first-order valence-electron chi connectivity index (χ1n) is 9.62. The van der Waals surface area contributed by atoms with E-state index in [4.69, 9.17) is 27.9 Å². The van der Waals surface area contributed by atoms with E-state index in [1.807, 2.05) is 24.3 Å². The molecule has 0 spiro atoms. The molecule has 0 unspecified atom stereocenters. The van der Waals surface area contributed by atoms with Gasteiger partial charge in [0.05, 0.1) is 10.5 Å². The van der Waals surface area contributed by atoms with Gasteiger partial charge in [0.15, 0.2) is 0 Å². The van der Waals surface area contributed by atoms with Gasteiger partial charge >= 0.3 is 5.97 Å². The van der Waals surface area contributed by atoms with Crippen molar-refractivity contribution in [3.05, 3.63) is 99.0 Å². The van der Waals surface area contributed by atoms with Crippen LogP contribution in [-0.4, -0.2) is 25.2 Å². The van der Waals surface area contributed by atoms with Gasteiger partial charge in [0.25, 0.3) is 0 Å². The average Bonchev–Trinajstić information content (AvgIpc) is 2.78. The Morgan fingerprint density at radius 3 is 2.52 bits per heavy atom. The summed E-state index contributed by atoms with van der Waals surface area (Å²) in [5, 5.41) is 0.875. The van der Waals surface area contributed by atoms with E-state index in [0.717, 1.165) is 11.1 Å². The maximum Gasteiger partial charge on any atom is 0.338 e. The maximum atomic E-state index is 13.2. The molecule has 3 aromatic carbocycles. The van der Waals surface area contributed by atoms with Gasteiger partial charge in [-0.1, -0.05) is 59.6 Å². The molecule has 0 atom stereocenters. The zero-order chi connectivity index (χ0) is 22.0. The zero-order valence-electron chi connectivity index (χ0n) is 16.4. The number of rotatable bonds is 5. The van der Waals surface area contributed by atoms with Crippen LogP contribution in [0.1, 0.15) is 27.0 Å². The van der Waals surface area contributed by atoms with Crippen LogP contribution in [0.2, 0.25) is 10.0 Å². The number of nitrogens with zero attached hydrogens (tertiary/aromatic N) is 1. The molecule has 1 aliphatic heterocycles. The lowest BCUT2D eigenvalue weighted by molar-refractivity contribution is 0.0472. The largest absolute Gasteiger partial charge is 0.457 e. The highest BCUT2D eigenvalue weighted by Crippen LogP contribution is 2.26. The van der Waals surface area contributed by atoms with Crippen LogP contribution in [0.5, 0.6) is 0 Å². The van der Waals surface area contributed by atoms with Gasteiger partial charge in [0.1, 0.15) is 6.61 Å². The SMILES string of the molecule is O=C(OCc1ccc(Cl)cc1Cl)c1cccc(S(=O)(=O)N2CCc3ccccc3C2)c1. The Balaban J connectivity index is 1.50. The number of benzene rings is 3. The molecule has 1 heterocycles. The van der Waals surface area contributed by atoms with Crippen LogP contribution < -0.4 is 0 Å². The Hall–Kier alpha value is -2.38. The first kappa shape index (κ1) is 21.8. The van der Waals surface area contributed by atoms with Crippen molar-refractivity contribution in [2.75, 3.05) is 6.54 Å². The van der Waals surface area contributed by atoms with Gasteiger partial charge in [0.2, 0.25) is 10.0 Å². The molecule has 3 aromatic rings. The lowest BCUT2D eigenvalue weighted by atomic mass is 10.0. The third kappa shape index (κ3) is 4.77. The minimum atomic E-state index is -3.75. The zero-order valence-corrected chi connectivity index (χ0v) is 18.8. The second-order valence-corrected chi connectivity index (χ2v) is 9.98. The minimum absolute atomic E-state index is 0.0469. The van der Waals surface area contributed by atoms with E-state index >= 15 is 0 Å². The first-order valence-corrected chi connectivity index (χ1v) is 11.8. The van der Waals surface area contributed by atoms with Crippen molar-refractivity contribution < 1.29 is 17.9 Å². The van der Waals surface area contributed by atoms with E-state index in [9.17, 15) is 13.2 Å². The monoisotopic (exact) mass is 475 g/mol. The lowest BCUT2D eigenvalue weighted by Gasteiger charge is -2.28. The smallest absolute Gasteiger partial charge is 0.338 e. The Kier molecular flexibility index (Phi) is 6.34. The number of fused-ring (bicyclic) bond motifs is 1. The number of carbonyl (C=O) groups excluding carboxylic acids is 1. The van der Waals surface area contributed by atoms with Crippen LogP contribution in [0.4, 0.5) is 0 Å². The van der Waals surface area contributed by atoms with E-state index in [1.54, 1.807) is 18.2 Å². The molecule has 0 saturated heterocycles. The molecule has 0 aliphatic carbocycles. The summed E-state index contributed by atoms with van der Waals surface area (Å²) in [4.78, 5) is 12.6. The molecule has 0 aromatic heterocycles. The van der Waals surface area contributed by atoms with Gasteiger partial charge < -0.3 is 4.74 Å². The number of hydrogen-bond donors (Lipinski definition) is 0. The van der Waals surface area contributed by atoms with Gasteiger partial charge in [-0.3, -0.25) is 0 Å². The summed E-state index contributed by atoms with van der Waals surface area (Å²) in [6.45, 7) is 0.653. The predicted octanol–water partition coefficient (Wildman–Crippen LogP) is 5.10. The van der Waals surface area contributed by atoms with Crippen molar-refractivity contribution >= 4 is 39.2 Å². The van der Waals surface area contributed by atoms with E-state index in [0.29, 0.717) is 35.1 Å². The lowest BCUT2D eigenvalue weighted by Crippen LogP contribution is -2.36. The normalized spacial score (nSPS) is 14.1. The molecule has 8 heteroatoms. The Morgan fingerprint density at radius 1 is 0.968 bits per heavy atom. The summed E-state index contributed by atoms with van der Waals surface area (Å²) in [5.41, 5.74) is 2.92. The summed E-state index contributed by atoms with van der Waals surface area (Å²) in [5.74, 6) is -0.632. The molecule has 0 radical (unpaired) electrons. The quantitative estimate of drug-likeness (QED) is 0.481. The van der Waals surface area contributed by atoms with E-state index in [1.165, 1.54) is 28.6 Å². The first-order chi connectivity index (χ1) is 14.8. The number of carbonyl (C=O) groups is 1. The highest BCUT2D eigenvalue weighted by molar-refractivity contribution is 7.89. The van der Waals surface area contributed by atoms with Crippen LogP contribution in [0.25, 0.3) is 0 Å². The standard InChI is InChI=1S/C23H19Cl2NO4S/c24-20-9-8-19(22(25)13-20)15-30-23(27)17-6-3-7-21(12-17)31(28,29)26-11-10-16-4-1-2-5-18(16)14-26/h1-9,12-13H,10-11,14-15H2. The minimum Gasteiger partial charge on any atom is -0.457 e. The molecule has 5 nitrogen and oxygen atoms in total. The summed E-state index contributed by atoms with van der Waals surface area (Å²) >= 11 is 12.0. The van der Waals surface area contributed by atoms with Crippen molar-refractivity contribution in [3.8, 4) is 0 Å². The Bertz CT molecular complexity index is 1240. The predicted molar refractivity (Wildman–Crippen MR) is 120 cm³/mol. The van der Waals surface area contributed by atoms with Gasteiger partial charge in [-0.2, -0.15) is 4.31 Å². The van der Waals surface area contributed by atoms with E-state index in [-0.39, 0.29) is 17.1 Å². The van der Waals surface area contributed by atoms with Crippen LogP contribution >= 0.6 is 23.2 Å². The topological polar surface area (TPSA) is 63.7 Å². The molecule has 0 amide bonds. The van der Waals surface area contributed by atoms with Crippen molar-refractivity contribution in [2.24, 2.45) is 0 Å². The fourth-order valence-electron chi connectivity index (χ4n) is 3.47. The van der Waals surface area contributed by atoms with Gasteiger partial charge in [-0.05, 0) is 47.9 Å². The van der Waals surface area contributed by atoms with Gasteiger partial charge in [0, 0.05) is 28.7 Å². The molecular formula is C23H19Cl2NO4S. The van der Waals surface area contributed by atoms with Crippen LogP contribution in [0.15, 0.2) is 71.6 Å². The molecule has 0 saturated carbocycles. The number of hydrogen-bond acceptors (Lipinski definition) is 4. The van der Waals surface area contributed by atoms with Crippen molar-refractivity contribution in [1.29, 1.82) is 0 Å². The number of esters is 1. The van der Waals surface area contributed by atoms with E-state index < -0.39 is 16.0 Å². The number of halogens is 2. The van der Waals surface area contributed by atoms with Crippen LogP contribution in [0, 0.1) is 0 Å². The van der Waals surface area contributed by atoms with Gasteiger partial charge in [-0.25, -0.2) is 13.2 Å². The second kappa shape index (κ2) is 9.01. The molecule has 4 rings (SSSR count). The summed E-state index contributed by atoms with van der Waals surface area (Å²) in [7, 11) is -3.75. The van der Waals surface area contributed by atoms with Crippen molar-refractivity contribution in [3.63, 3.8) is 0 Å². The number of ether oxygens (including phenoxy) is 1. The van der Waals surface area contributed by atoms with Crippen molar-refractivity contribution in [1.82, 2.24) is 4.31 Å². The summed E-state index contributed by atoms with van der Waals surface area (Å²) in [6.07, 6.45) is 0.652. The van der Waals surface area contributed by atoms with Crippen molar-refractivity contribution in [2.45, 2.75) is 24.5 Å². The maximum absolute atomic E-state index is 13.2.